The first-order valence-electron chi connectivity index (χ1n) is 6.45. The number of unbranched alkanes of at least 4 members (excludes halogenated alkanes) is 2. The Morgan fingerprint density at radius 2 is 2.06 bits per heavy atom. The minimum atomic E-state index is -0.754. The highest BCUT2D eigenvalue weighted by Crippen LogP contribution is 2.30. The van der Waals surface area contributed by atoms with Crippen molar-refractivity contribution in [3.05, 3.63) is 11.6 Å². The van der Waals surface area contributed by atoms with Crippen LogP contribution in [0, 0.1) is 0 Å². The molecule has 0 bridgehead atoms. The van der Waals surface area contributed by atoms with Crippen LogP contribution in [-0.2, 0) is 14.0 Å². The average Bonchev–Trinajstić information content (AvgIpc) is 2.26. The Morgan fingerprint density at radius 1 is 1.44 bits per heavy atom. The molecule has 3 nitrogen and oxygen atoms in total. The Balaban J connectivity index is 3.91. The predicted octanol–water partition coefficient (Wildman–Crippen LogP) is 3.51. The summed E-state index contributed by atoms with van der Waals surface area (Å²) in [5, 5.41) is 0.114. The van der Waals surface area contributed by atoms with Crippen molar-refractivity contribution < 1.29 is 14.0 Å². The van der Waals surface area contributed by atoms with E-state index in [0.29, 0.717) is 0 Å². The van der Waals surface area contributed by atoms with Crippen LogP contribution in [0.2, 0.25) is 5.04 Å². The fourth-order valence-corrected chi connectivity index (χ4v) is 2.71. The largest absolute Gasteiger partial charge is 0.433 e. The molecule has 0 amide bonds. The zero-order valence-corrected chi connectivity index (χ0v) is 14.1. The Morgan fingerprint density at radius 3 is 2.56 bits per heavy atom. The van der Waals surface area contributed by atoms with E-state index in [1.54, 1.807) is 6.92 Å². The number of esters is 1. The molecule has 106 valence electrons. The summed E-state index contributed by atoms with van der Waals surface area (Å²) in [6.45, 7) is 11.6. The van der Waals surface area contributed by atoms with Crippen molar-refractivity contribution in [3.8, 4) is 0 Å². The SMILES string of the molecule is C=C(Cl)C(=O)OC(C)O[SiH2]C(C)(C)CCCCC. The summed E-state index contributed by atoms with van der Waals surface area (Å²) >= 11 is 5.43. The van der Waals surface area contributed by atoms with Crippen LogP contribution in [0.1, 0.15) is 53.4 Å². The molecule has 0 heterocycles. The smallest absolute Gasteiger partial charge is 0.351 e. The van der Waals surface area contributed by atoms with E-state index < -0.39 is 22.0 Å². The number of carbonyl (C=O) groups is 1. The van der Waals surface area contributed by atoms with Crippen molar-refractivity contribution >= 4 is 27.3 Å². The molecule has 0 rings (SSSR count). The van der Waals surface area contributed by atoms with Gasteiger partial charge in [-0.2, -0.15) is 0 Å². The van der Waals surface area contributed by atoms with Crippen molar-refractivity contribution in [2.24, 2.45) is 0 Å². The van der Waals surface area contributed by atoms with Crippen LogP contribution in [0.25, 0.3) is 0 Å². The number of rotatable bonds is 9. The highest BCUT2D eigenvalue weighted by molar-refractivity contribution is 6.40. The third-order valence-electron chi connectivity index (χ3n) is 2.66. The van der Waals surface area contributed by atoms with Gasteiger partial charge in [0.2, 0.25) is 0 Å². The van der Waals surface area contributed by atoms with Gasteiger partial charge in [0.1, 0.15) is 5.03 Å². The molecule has 0 saturated heterocycles. The first-order valence-corrected chi connectivity index (χ1v) is 8.11. The van der Waals surface area contributed by atoms with Gasteiger partial charge >= 0.3 is 5.97 Å². The van der Waals surface area contributed by atoms with Crippen molar-refractivity contribution in [1.82, 2.24) is 0 Å². The lowest BCUT2D eigenvalue weighted by molar-refractivity contribution is -0.155. The van der Waals surface area contributed by atoms with Crippen molar-refractivity contribution in [2.75, 3.05) is 0 Å². The molecule has 1 unspecified atom stereocenters. The molecule has 0 aliphatic heterocycles. The van der Waals surface area contributed by atoms with Crippen LogP contribution in [-0.4, -0.2) is 22.0 Å². The van der Waals surface area contributed by atoms with Gasteiger partial charge < -0.3 is 9.16 Å². The zero-order valence-electron chi connectivity index (χ0n) is 11.9. The maximum Gasteiger partial charge on any atom is 0.351 e. The van der Waals surface area contributed by atoms with E-state index in [4.69, 9.17) is 20.8 Å². The normalized spacial score (nSPS) is 13.8. The maximum absolute atomic E-state index is 11.2. The number of carbonyl (C=O) groups excluding carboxylic acids is 1. The number of hydrogen-bond acceptors (Lipinski definition) is 3. The molecule has 0 aliphatic rings. The first-order chi connectivity index (χ1) is 8.28. The quantitative estimate of drug-likeness (QED) is 0.214. The molecule has 0 aromatic carbocycles. The Kier molecular flexibility index (Phi) is 8.57. The molecule has 0 spiro atoms. The lowest BCUT2D eigenvalue weighted by atomic mass is 10.0. The lowest BCUT2D eigenvalue weighted by Crippen LogP contribution is -2.25. The van der Waals surface area contributed by atoms with E-state index in [9.17, 15) is 4.79 Å². The molecule has 0 aromatic heterocycles. The Bertz CT molecular complexity index is 279. The molecule has 0 saturated carbocycles. The van der Waals surface area contributed by atoms with Crippen LogP contribution >= 0.6 is 11.6 Å². The monoisotopic (exact) mass is 292 g/mol. The van der Waals surface area contributed by atoms with Gasteiger partial charge in [0, 0.05) is 0 Å². The summed E-state index contributed by atoms with van der Waals surface area (Å²) in [5.41, 5.74) is 0. The molecule has 0 N–H and O–H groups in total. The van der Waals surface area contributed by atoms with E-state index in [1.165, 1.54) is 19.3 Å². The highest BCUT2D eigenvalue weighted by Gasteiger charge is 2.21. The second-order valence-corrected chi connectivity index (χ2v) is 8.30. The Labute approximate surface area is 118 Å². The summed E-state index contributed by atoms with van der Waals surface area (Å²) < 4.78 is 10.6. The summed E-state index contributed by atoms with van der Waals surface area (Å²) in [4.78, 5) is 11.2. The second kappa shape index (κ2) is 8.72. The van der Waals surface area contributed by atoms with Crippen LogP contribution < -0.4 is 0 Å². The fourth-order valence-electron chi connectivity index (χ4n) is 1.52. The molecule has 0 aromatic rings. The lowest BCUT2D eigenvalue weighted by Gasteiger charge is -2.25. The zero-order chi connectivity index (χ0) is 14.2. The molecule has 18 heavy (non-hydrogen) atoms. The highest BCUT2D eigenvalue weighted by atomic mass is 35.5. The molecular formula is C13H25ClO3Si. The van der Waals surface area contributed by atoms with E-state index in [1.807, 2.05) is 0 Å². The number of ether oxygens (including phenoxy) is 1. The van der Waals surface area contributed by atoms with Gasteiger partial charge in [-0.3, -0.25) is 0 Å². The minimum absolute atomic E-state index is 0.116. The third-order valence-corrected chi connectivity index (χ3v) is 4.59. The van der Waals surface area contributed by atoms with Gasteiger partial charge in [-0.05, 0) is 18.4 Å². The van der Waals surface area contributed by atoms with E-state index >= 15 is 0 Å². The molecule has 0 radical (unpaired) electrons. The summed E-state index contributed by atoms with van der Waals surface area (Å²) in [6.07, 6.45) is 4.34. The second-order valence-electron chi connectivity index (χ2n) is 5.31. The standard InChI is InChI=1S/C13H25ClO3Si/c1-6-7-8-9-13(4,5)18-17-11(3)16-12(15)10(2)14/h11H,2,6-9,18H2,1,3-5H3. The van der Waals surface area contributed by atoms with Crippen LogP contribution in [0.15, 0.2) is 11.6 Å². The van der Waals surface area contributed by atoms with E-state index in [2.05, 4.69) is 27.4 Å². The van der Waals surface area contributed by atoms with Crippen LogP contribution in [0.3, 0.4) is 0 Å². The molecule has 1 atom stereocenters. The molecule has 0 fully saturated rings. The van der Waals surface area contributed by atoms with Crippen LogP contribution in [0.5, 0.6) is 0 Å². The third kappa shape index (κ3) is 8.72. The van der Waals surface area contributed by atoms with E-state index in [-0.39, 0.29) is 10.1 Å². The number of halogens is 1. The van der Waals surface area contributed by atoms with Gasteiger partial charge in [0.25, 0.3) is 0 Å². The van der Waals surface area contributed by atoms with E-state index in [0.717, 1.165) is 6.42 Å². The summed E-state index contributed by atoms with van der Waals surface area (Å²) in [7, 11) is -0.754. The van der Waals surface area contributed by atoms with Crippen molar-refractivity contribution in [1.29, 1.82) is 0 Å². The first kappa shape index (κ1) is 17.7. The minimum Gasteiger partial charge on any atom is -0.433 e. The van der Waals surface area contributed by atoms with Gasteiger partial charge in [0.15, 0.2) is 16.1 Å². The fraction of sp³-hybridized carbons (Fsp3) is 0.769. The van der Waals surface area contributed by atoms with Crippen molar-refractivity contribution in [3.63, 3.8) is 0 Å². The van der Waals surface area contributed by atoms with Gasteiger partial charge in [-0.1, -0.05) is 58.2 Å². The van der Waals surface area contributed by atoms with Gasteiger partial charge in [0.05, 0.1) is 0 Å². The van der Waals surface area contributed by atoms with Gasteiger partial charge in [-0.15, -0.1) is 0 Å². The molecule has 5 heteroatoms. The molecule has 0 aliphatic carbocycles. The average molecular weight is 293 g/mol. The number of hydrogen-bond donors (Lipinski definition) is 0. The van der Waals surface area contributed by atoms with Crippen LogP contribution in [0.4, 0.5) is 0 Å². The van der Waals surface area contributed by atoms with Crippen molar-refractivity contribution in [2.45, 2.75) is 64.7 Å². The molecular weight excluding hydrogens is 268 g/mol. The summed E-state index contributed by atoms with van der Waals surface area (Å²) in [6, 6.07) is 0. The topological polar surface area (TPSA) is 35.5 Å². The maximum atomic E-state index is 11.2. The summed E-state index contributed by atoms with van der Waals surface area (Å²) in [5.74, 6) is -0.609. The van der Waals surface area contributed by atoms with Gasteiger partial charge in [-0.25, -0.2) is 4.79 Å². The Hall–Kier alpha value is -0.323. The predicted molar refractivity (Wildman–Crippen MR) is 78.4 cm³/mol.